The molecule has 0 atom stereocenters. The van der Waals surface area contributed by atoms with Crippen molar-refractivity contribution in [3.05, 3.63) is 37.2 Å². The van der Waals surface area contributed by atoms with Crippen LogP contribution >= 0.6 is 0 Å². The molecule has 1 amide bonds. The van der Waals surface area contributed by atoms with Gasteiger partial charge >= 0.3 is 0 Å². The van der Waals surface area contributed by atoms with Gasteiger partial charge in [-0.3, -0.25) is 4.79 Å². The van der Waals surface area contributed by atoms with Gasteiger partial charge < -0.3 is 11.1 Å². The van der Waals surface area contributed by atoms with Crippen LogP contribution in [0.3, 0.4) is 0 Å². The van der Waals surface area contributed by atoms with Crippen LogP contribution in [0.25, 0.3) is 0 Å². The van der Waals surface area contributed by atoms with Gasteiger partial charge in [0.25, 0.3) is 0 Å². The van der Waals surface area contributed by atoms with Crippen LogP contribution in [0.15, 0.2) is 37.2 Å². The normalized spacial score (nSPS) is 10.4. The van der Waals surface area contributed by atoms with E-state index in [0.29, 0.717) is 12.0 Å². The lowest BCUT2D eigenvalue weighted by Crippen LogP contribution is -2.15. The van der Waals surface area contributed by atoms with Gasteiger partial charge in [0.05, 0.1) is 0 Å². The second kappa shape index (κ2) is 5.29. The first-order valence-corrected chi connectivity index (χ1v) is 3.19. The molecule has 0 spiro atoms. The molecule has 0 unspecified atom stereocenters. The summed E-state index contributed by atoms with van der Waals surface area (Å²) in [5, 5.41) is 2.67. The Morgan fingerprint density at radius 2 is 2.18 bits per heavy atom. The summed E-state index contributed by atoms with van der Waals surface area (Å²) in [5.74, 6) is -0.445. The van der Waals surface area contributed by atoms with Crippen LogP contribution in [0.2, 0.25) is 0 Å². The van der Waals surface area contributed by atoms with E-state index in [0.717, 1.165) is 0 Å². The zero-order valence-electron chi connectivity index (χ0n) is 6.34. The van der Waals surface area contributed by atoms with E-state index in [9.17, 15) is 4.79 Å². The van der Waals surface area contributed by atoms with E-state index in [4.69, 9.17) is 5.73 Å². The molecular formula is C8H12N2O. The fourth-order valence-electron chi connectivity index (χ4n) is 0.546. The Morgan fingerprint density at radius 3 is 2.55 bits per heavy atom. The number of allylic oxidation sites excluding steroid dienone is 1. The first kappa shape index (κ1) is 9.49. The number of nitrogens with one attached hydrogen (secondary N) is 1. The smallest absolute Gasteiger partial charge is 0.246 e. The molecule has 0 radical (unpaired) electrons. The monoisotopic (exact) mass is 152 g/mol. The lowest BCUT2D eigenvalue weighted by atomic mass is 10.2. The largest absolute Gasteiger partial charge is 0.368 e. The Labute approximate surface area is 66.3 Å². The van der Waals surface area contributed by atoms with E-state index in [2.05, 4.69) is 18.5 Å². The third-order valence-corrected chi connectivity index (χ3v) is 1.06. The van der Waals surface area contributed by atoms with Crippen LogP contribution in [0.5, 0.6) is 0 Å². The van der Waals surface area contributed by atoms with Crippen LogP contribution in [0.4, 0.5) is 0 Å². The Balaban J connectivity index is 4.18. The van der Waals surface area contributed by atoms with E-state index in [1.165, 1.54) is 12.4 Å². The fraction of sp³-hybridized carbons (Fsp3) is 0.125. The van der Waals surface area contributed by atoms with Crippen LogP contribution in [0.1, 0.15) is 6.42 Å². The summed E-state index contributed by atoms with van der Waals surface area (Å²) in [5.41, 5.74) is 5.52. The molecule has 11 heavy (non-hydrogen) atoms. The zero-order chi connectivity index (χ0) is 8.69. The maximum Gasteiger partial charge on any atom is 0.246 e. The minimum atomic E-state index is -0.445. The van der Waals surface area contributed by atoms with Crippen molar-refractivity contribution < 1.29 is 4.79 Å². The first-order valence-electron chi connectivity index (χ1n) is 3.19. The highest BCUT2D eigenvalue weighted by Gasteiger charge is 1.99. The Hall–Kier alpha value is -1.51. The second-order valence-corrected chi connectivity index (χ2v) is 1.90. The van der Waals surface area contributed by atoms with Gasteiger partial charge in [0.15, 0.2) is 0 Å². The summed E-state index contributed by atoms with van der Waals surface area (Å²) in [4.78, 5) is 10.6. The second-order valence-electron chi connectivity index (χ2n) is 1.90. The average Bonchev–Trinajstić information content (AvgIpc) is 1.97. The molecule has 0 bridgehead atoms. The van der Waals surface area contributed by atoms with E-state index in [-0.39, 0.29) is 0 Å². The third kappa shape index (κ3) is 3.97. The molecule has 0 rings (SSSR count). The lowest BCUT2D eigenvalue weighted by Gasteiger charge is -1.97. The first-order chi connectivity index (χ1) is 5.22. The van der Waals surface area contributed by atoms with Gasteiger partial charge in [-0.05, 0) is 12.6 Å². The standard InChI is InChI=1S/C8H12N2O/c1-3-5-7(8(9)11)6-10-4-2/h3-4,6,10H,1-2,5H2,(H2,9,11)/b7-6+. The number of amides is 1. The predicted octanol–water partition coefficient (Wildman–Crippen LogP) is 0.665. The van der Waals surface area contributed by atoms with Crippen molar-refractivity contribution in [3.63, 3.8) is 0 Å². The topological polar surface area (TPSA) is 55.1 Å². The molecular weight excluding hydrogens is 140 g/mol. The fourth-order valence-corrected chi connectivity index (χ4v) is 0.546. The summed E-state index contributed by atoms with van der Waals surface area (Å²) >= 11 is 0. The van der Waals surface area contributed by atoms with Gasteiger partial charge in [-0.15, -0.1) is 6.58 Å². The molecule has 0 aromatic carbocycles. The number of carbonyl (C=O) groups excluding carboxylic acids is 1. The predicted molar refractivity (Wildman–Crippen MR) is 45.4 cm³/mol. The number of primary amides is 1. The van der Waals surface area contributed by atoms with Gasteiger partial charge in [0.2, 0.25) is 5.91 Å². The molecule has 0 aromatic heterocycles. The average molecular weight is 152 g/mol. The number of nitrogens with two attached hydrogens (primary N) is 1. The van der Waals surface area contributed by atoms with E-state index in [1.807, 2.05) is 0 Å². The summed E-state index contributed by atoms with van der Waals surface area (Å²) in [6.45, 7) is 6.91. The van der Waals surface area contributed by atoms with E-state index < -0.39 is 5.91 Å². The number of rotatable bonds is 5. The Kier molecular flexibility index (Phi) is 4.56. The minimum absolute atomic E-state index is 0.445. The number of hydrogen-bond acceptors (Lipinski definition) is 2. The molecule has 0 fully saturated rings. The molecule has 0 saturated carbocycles. The molecule has 0 heterocycles. The number of carbonyl (C=O) groups is 1. The van der Waals surface area contributed by atoms with Gasteiger partial charge in [-0.1, -0.05) is 12.7 Å². The van der Waals surface area contributed by atoms with Crippen molar-refractivity contribution in [2.75, 3.05) is 0 Å². The van der Waals surface area contributed by atoms with Gasteiger partial charge in [0, 0.05) is 11.8 Å². The zero-order valence-corrected chi connectivity index (χ0v) is 6.34. The highest BCUT2D eigenvalue weighted by molar-refractivity contribution is 5.92. The molecule has 3 nitrogen and oxygen atoms in total. The van der Waals surface area contributed by atoms with Crippen molar-refractivity contribution in [1.29, 1.82) is 0 Å². The summed E-state index contributed by atoms with van der Waals surface area (Å²) in [6.07, 6.45) is 5.06. The van der Waals surface area contributed by atoms with Crippen molar-refractivity contribution in [1.82, 2.24) is 5.32 Å². The molecule has 3 N–H and O–H groups in total. The lowest BCUT2D eigenvalue weighted by molar-refractivity contribution is -0.114. The van der Waals surface area contributed by atoms with Crippen molar-refractivity contribution in [2.24, 2.45) is 5.73 Å². The molecule has 60 valence electrons. The molecule has 0 saturated heterocycles. The summed E-state index contributed by atoms with van der Waals surface area (Å²) in [7, 11) is 0. The van der Waals surface area contributed by atoms with Crippen molar-refractivity contribution >= 4 is 5.91 Å². The van der Waals surface area contributed by atoms with Crippen LogP contribution < -0.4 is 11.1 Å². The molecule has 0 aliphatic rings. The van der Waals surface area contributed by atoms with Crippen LogP contribution in [0, 0.1) is 0 Å². The Bertz CT molecular complexity index is 194. The molecule has 0 aromatic rings. The molecule has 0 aliphatic carbocycles. The quantitative estimate of drug-likeness (QED) is 0.449. The maximum atomic E-state index is 10.6. The van der Waals surface area contributed by atoms with Crippen LogP contribution in [-0.4, -0.2) is 5.91 Å². The molecule has 0 aliphatic heterocycles. The van der Waals surface area contributed by atoms with Crippen LogP contribution in [-0.2, 0) is 4.79 Å². The van der Waals surface area contributed by atoms with Gasteiger partial charge in [0.1, 0.15) is 0 Å². The third-order valence-electron chi connectivity index (χ3n) is 1.06. The number of hydrogen-bond donors (Lipinski definition) is 2. The maximum absolute atomic E-state index is 10.6. The highest BCUT2D eigenvalue weighted by Crippen LogP contribution is 1.98. The van der Waals surface area contributed by atoms with Crippen molar-refractivity contribution in [2.45, 2.75) is 6.42 Å². The summed E-state index contributed by atoms with van der Waals surface area (Å²) < 4.78 is 0. The Morgan fingerprint density at radius 1 is 1.55 bits per heavy atom. The van der Waals surface area contributed by atoms with Gasteiger partial charge in [-0.25, -0.2) is 0 Å². The van der Waals surface area contributed by atoms with E-state index >= 15 is 0 Å². The molecule has 3 heteroatoms. The van der Waals surface area contributed by atoms with Gasteiger partial charge in [-0.2, -0.15) is 0 Å². The SMILES string of the molecule is C=CC/C(=C\NC=C)C(N)=O. The van der Waals surface area contributed by atoms with E-state index in [1.54, 1.807) is 6.08 Å². The highest BCUT2D eigenvalue weighted by atomic mass is 16.1. The van der Waals surface area contributed by atoms with Crippen molar-refractivity contribution in [3.8, 4) is 0 Å². The minimum Gasteiger partial charge on any atom is -0.368 e. The summed E-state index contributed by atoms with van der Waals surface area (Å²) in [6, 6.07) is 0.